The van der Waals surface area contributed by atoms with E-state index in [4.69, 9.17) is 0 Å². The molecule has 0 aliphatic carbocycles. The second-order valence-electron chi connectivity index (χ2n) is 4.96. The van der Waals surface area contributed by atoms with Crippen molar-refractivity contribution in [3.05, 3.63) is 76.5 Å². The average molecular weight is 328 g/mol. The molecule has 0 radical (unpaired) electrons. The molecule has 0 spiro atoms. The van der Waals surface area contributed by atoms with E-state index in [9.17, 15) is 5.11 Å². The van der Waals surface area contributed by atoms with Gasteiger partial charge in [-0.05, 0) is 18.4 Å². The van der Waals surface area contributed by atoms with Crippen LogP contribution in [0.5, 0.6) is 0 Å². The average Bonchev–Trinajstić information content (AvgIpc) is 2.47. The number of fused-ring (bicyclic) bond motifs is 1. The van der Waals surface area contributed by atoms with Crippen LogP contribution in [-0.2, 0) is 5.60 Å². The van der Waals surface area contributed by atoms with Crippen LogP contribution in [0.1, 0.15) is 18.1 Å². The highest BCUT2D eigenvalue weighted by atomic mass is 79.9. The Morgan fingerprint density at radius 2 is 1.65 bits per heavy atom. The van der Waals surface area contributed by atoms with E-state index in [1.54, 1.807) is 13.1 Å². The van der Waals surface area contributed by atoms with Gasteiger partial charge in [-0.1, -0.05) is 58.4 Å². The van der Waals surface area contributed by atoms with Gasteiger partial charge in [0, 0.05) is 33.4 Å². The maximum absolute atomic E-state index is 11.1. The van der Waals surface area contributed by atoms with Crippen molar-refractivity contribution in [1.82, 2.24) is 4.98 Å². The van der Waals surface area contributed by atoms with Gasteiger partial charge in [-0.2, -0.15) is 0 Å². The summed E-state index contributed by atoms with van der Waals surface area (Å²) in [6.45, 7) is 1.80. The molecule has 3 aromatic rings. The summed E-state index contributed by atoms with van der Waals surface area (Å²) in [5.41, 5.74) is 0.536. The quantitative estimate of drug-likeness (QED) is 0.763. The van der Waals surface area contributed by atoms with Gasteiger partial charge in [-0.3, -0.25) is 4.98 Å². The number of benzene rings is 2. The first-order valence-corrected chi connectivity index (χ1v) is 7.20. The summed E-state index contributed by atoms with van der Waals surface area (Å²) in [4.78, 5) is 4.26. The molecule has 1 unspecified atom stereocenters. The van der Waals surface area contributed by atoms with E-state index in [-0.39, 0.29) is 0 Å². The van der Waals surface area contributed by atoms with Crippen LogP contribution in [0.4, 0.5) is 0 Å². The number of aliphatic hydroxyl groups is 1. The molecule has 0 aliphatic heterocycles. The van der Waals surface area contributed by atoms with Gasteiger partial charge in [0.1, 0.15) is 5.60 Å². The lowest BCUT2D eigenvalue weighted by Gasteiger charge is -2.26. The molecule has 0 saturated heterocycles. The van der Waals surface area contributed by atoms with Crippen molar-refractivity contribution < 1.29 is 5.11 Å². The molecule has 0 bridgehead atoms. The van der Waals surface area contributed by atoms with E-state index in [0.717, 1.165) is 26.4 Å². The highest BCUT2D eigenvalue weighted by molar-refractivity contribution is 9.10. The first-order chi connectivity index (χ1) is 9.60. The molecule has 1 aromatic heterocycles. The van der Waals surface area contributed by atoms with E-state index in [0.29, 0.717) is 0 Å². The molecule has 0 amide bonds. The lowest BCUT2D eigenvalue weighted by molar-refractivity contribution is 0.103. The van der Waals surface area contributed by atoms with Gasteiger partial charge in [0.25, 0.3) is 0 Å². The molecule has 0 fully saturated rings. The number of hydrogen-bond donors (Lipinski definition) is 1. The first kappa shape index (κ1) is 13.3. The second kappa shape index (κ2) is 5.00. The zero-order chi connectivity index (χ0) is 14.2. The summed E-state index contributed by atoms with van der Waals surface area (Å²) >= 11 is 3.51. The SMILES string of the molecule is CC(O)(c1ccccc1Br)c1cncc2ccccc12. The van der Waals surface area contributed by atoms with Crippen molar-refractivity contribution in [2.75, 3.05) is 0 Å². The molecule has 3 rings (SSSR count). The van der Waals surface area contributed by atoms with Crippen molar-refractivity contribution in [2.24, 2.45) is 0 Å². The third kappa shape index (κ3) is 2.13. The minimum Gasteiger partial charge on any atom is -0.381 e. The van der Waals surface area contributed by atoms with E-state index in [2.05, 4.69) is 20.9 Å². The molecular formula is C17H14BrNO. The van der Waals surface area contributed by atoms with Crippen LogP contribution in [0.25, 0.3) is 10.8 Å². The predicted molar refractivity (Wildman–Crippen MR) is 84.6 cm³/mol. The fourth-order valence-corrected chi connectivity index (χ4v) is 3.18. The molecule has 3 heteroatoms. The number of pyridine rings is 1. The molecule has 1 atom stereocenters. The highest BCUT2D eigenvalue weighted by Crippen LogP contribution is 2.36. The minimum absolute atomic E-state index is 0.808. The van der Waals surface area contributed by atoms with Crippen LogP contribution in [0.2, 0.25) is 0 Å². The van der Waals surface area contributed by atoms with Crippen LogP contribution < -0.4 is 0 Å². The van der Waals surface area contributed by atoms with Crippen molar-refractivity contribution in [3.63, 3.8) is 0 Å². The highest BCUT2D eigenvalue weighted by Gasteiger charge is 2.29. The van der Waals surface area contributed by atoms with Gasteiger partial charge in [-0.25, -0.2) is 0 Å². The summed E-state index contributed by atoms with van der Waals surface area (Å²) in [6.07, 6.45) is 3.55. The standard InChI is InChI=1S/C17H14BrNO/c1-17(20,14-8-4-5-9-16(14)18)15-11-19-10-12-6-2-3-7-13(12)15/h2-11,20H,1H3. The van der Waals surface area contributed by atoms with Crippen molar-refractivity contribution >= 4 is 26.7 Å². The van der Waals surface area contributed by atoms with E-state index in [1.807, 2.05) is 54.7 Å². The van der Waals surface area contributed by atoms with Crippen LogP contribution in [0.3, 0.4) is 0 Å². The normalized spacial score (nSPS) is 14.2. The Bertz CT molecular complexity index is 762. The Hall–Kier alpha value is -1.71. The topological polar surface area (TPSA) is 33.1 Å². The van der Waals surface area contributed by atoms with Crippen LogP contribution in [0.15, 0.2) is 65.4 Å². The Morgan fingerprint density at radius 1 is 0.950 bits per heavy atom. The summed E-state index contributed by atoms with van der Waals surface area (Å²) < 4.78 is 0.887. The molecule has 1 N–H and O–H groups in total. The molecule has 20 heavy (non-hydrogen) atoms. The molecule has 100 valence electrons. The number of aromatic nitrogens is 1. The summed E-state index contributed by atoms with van der Waals surface area (Å²) in [5.74, 6) is 0. The predicted octanol–water partition coefficient (Wildman–Crippen LogP) is 4.25. The Balaban J connectivity index is 2.27. The molecular weight excluding hydrogens is 314 g/mol. The van der Waals surface area contributed by atoms with Gasteiger partial charge in [0.2, 0.25) is 0 Å². The maximum atomic E-state index is 11.1. The van der Waals surface area contributed by atoms with Crippen LogP contribution in [-0.4, -0.2) is 10.1 Å². The summed E-state index contributed by atoms with van der Waals surface area (Å²) in [5, 5.41) is 13.1. The largest absolute Gasteiger partial charge is 0.381 e. The molecule has 1 heterocycles. The van der Waals surface area contributed by atoms with Crippen molar-refractivity contribution in [2.45, 2.75) is 12.5 Å². The van der Waals surface area contributed by atoms with E-state index >= 15 is 0 Å². The van der Waals surface area contributed by atoms with Crippen molar-refractivity contribution in [3.8, 4) is 0 Å². The van der Waals surface area contributed by atoms with Crippen LogP contribution in [0, 0.1) is 0 Å². The van der Waals surface area contributed by atoms with Gasteiger partial charge in [-0.15, -0.1) is 0 Å². The molecule has 2 nitrogen and oxygen atoms in total. The van der Waals surface area contributed by atoms with Crippen LogP contribution >= 0.6 is 15.9 Å². The number of nitrogens with zero attached hydrogens (tertiary/aromatic N) is 1. The smallest absolute Gasteiger partial charge is 0.115 e. The molecule has 0 saturated carbocycles. The Labute approximate surface area is 126 Å². The Morgan fingerprint density at radius 3 is 2.45 bits per heavy atom. The minimum atomic E-state index is -1.10. The zero-order valence-corrected chi connectivity index (χ0v) is 12.6. The lowest BCUT2D eigenvalue weighted by atomic mass is 9.86. The third-order valence-electron chi connectivity index (χ3n) is 3.59. The number of halogens is 1. The maximum Gasteiger partial charge on any atom is 0.115 e. The lowest BCUT2D eigenvalue weighted by Crippen LogP contribution is -2.24. The fourth-order valence-electron chi connectivity index (χ4n) is 2.51. The van der Waals surface area contributed by atoms with Gasteiger partial charge >= 0.3 is 0 Å². The summed E-state index contributed by atoms with van der Waals surface area (Å²) in [6, 6.07) is 15.7. The van der Waals surface area contributed by atoms with Gasteiger partial charge in [0.05, 0.1) is 0 Å². The number of rotatable bonds is 2. The van der Waals surface area contributed by atoms with E-state index < -0.39 is 5.60 Å². The zero-order valence-electron chi connectivity index (χ0n) is 11.0. The van der Waals surface area contributed by atoms with Gasteiger partial charge in [0.15, 0.2) is 0 Å². The first-order valence-electron chi connectivity index (χ1n) is 6.41. The fraction of sp³-hybridized carbons (Fsp3) is 0.118. The molecule has 2 aromatic carbocycles. The molecule has 0 aliphatic rings. The Kier molecular flexibility index (Phi) is 3.32. The van der Waals surface area contributed by atoms with Gasteiger partial charge < -0.3 is 5.11 Å². The number of hydrogen-bond acceptors (Lipinski definition) is 2. The monoisotopic (exact) mass is 327 g/mol. The summed E-state index contributed by atoms with van der Waals surface area (Å²) in [7, 11) is 0. The van der Waals surface area contributed by atoms with Crippen molar-refractivity contribution in [1.29, 1.82) is 0 Å². The van der Waals surface area contributed by atoms with E-state index in [1.165, 1.54) is 0 Å². The second-order valence-corrected chi connectivity index (χ2v) is 5.81. The third-order valence-corrected chi connectivity index (χ3v) is 4.28.